The van der Waals surface area contributed by atoms with Gasteiger partial charge in [-0.05, 0) is 24.5 Å². The standard InChI is InChI=1S/C26H35N5O7/c1-16(2)22(23(33)24-28-19-6-4-5-7-20(19)31(24)15-21(32)37-3)27-18-12-17(13-30(14-18)26(35)36)25(34)29-8-10-38-11-9-29/h4-7,16-18,22,27H,8-15H2,1-3H3,(H,35,36)/t17-,18+,22?/m1/s1. The van der Waals surface area contributed by atoms with Gasteiger partial charge in [0.05, 0.1) is 43.3 Å². The number of morpholine rings is 1. The Bertz CT molecular complexity index is 1190. The summed E-state index contributed by atoms with van der Waals surface area (Å²) in [6, 6.07) is 6.01. The number of nitrogens with one attached hydrogen (secondary N) is 1. The average molecular weight is 530 g/mol. The van der Waals surface area contributed by atoms with Crippen molar-refractivity contribution in [3.8, 4) is 0 Å². The number of likely N-dealkylation sites (tertiary alicyclic amines) is 1. The predicted molar refractivity (Wildman–Crippen MR) is 137 cm³/mol. The van der Waals surface area contributed by atoms with Gasteiger partial charge in [-0.25, -0.2) is 9.78 Å². The number of piperidine rings is 1. The number of carbonyl (C=O) groups excluding carboxylic acids is 3. The third kappa shape index (κ3) is 5.97. The molecule has 3 atom stereocenters. The van der Waals surface area contributed by atoms with E-state index in [9.17, 15) is 24.3 Å². The number of para-hydroxylation sites is 2. The number of methoxy groups -OCH3 is 1. The first-order chi connectivity index (χ1) is 18.2. The van der Waals surface area contributed by atoms with E-state index in [0.29, 0.717) is 43.8 Å². The maximum Gasteiger partial charge on any atom is 0.407 e. The van der Waals surface area contributed by atoms with Gasteiger partial charge in [0.2, 0.25) is 11.7 Å². The highest BCUT2D eigenvalue weighted by Gasteiger charge is 2.39. The zero-order valence-electron chi connectivity index (χ0n) is 22.0. The van der Waals surface area contributed by atoms with Gasteiger partial charge in [0, 0.05) is 32.2 Å². The zero-order valence-corrected chi connectivity index (χ0v) is 22.0. The van der Waals surface area contributed by atoms with E-state index < -0.39 is 30.1 Å². The fraction of sp³-hybridized carbons (Fsp3) is 0.577. The van der Waals surface area contributed by atoms with Crippen molar-refractivity contribution in [2.24, 2.45) is 11.8 Å². The number of amides is 2. The predicted octanol–water partition coefficient (Wildman–Crippen LogP) is 1.23. The van der Waals surface area contributed by atoms with Crippen LogP contribution in [0.1, 0.15) is 30.9 Å². The van der Waals surface area contributed by atoms with Gasteiger partial charge >= 0.3 is 12.1 Å². The molecule has 2 aliphatic rings. The second kappa shape index (κ2) is 11.9. The number of aromatic nitrogens is 2. The average Bonchev–Trinajstić information content (AvgIpc) is 3.29. The lowest BCUT2D eigenvalue weighted by Crippen LogP contribution is -2.58. The van der Waals surface area contributed by atoms with Crippen LogP contribution in [0.15, 0.2) is 24.3 Å². The van der Waals surface area contributed by atoms with Crippen LogP contribution in [0, 0.1) is 11.8 Å². The van der Waals surface area contributed by atoms with Crippen LogP contribution in [0.25, 0.3) is 11.0 Å². The molecular formula is C26H35N5O7. The smallest absolute Gasteiger partial charge is 0.407 e. The number of Topliss-reactive ketones (excluding diaryl/α,β-unsaturated/α-hetero) is 1. The second-order valence-electron chi connectivity index (χ2n) is 10.1. The Morgan fingerprint density at radius 2 is 1.84 bits per heavy atom. The van der Waals surface area contributed by atoms with Gasteiger partial charge in [0.25, 0.3) is 0 Å². The highest BCUT2D eigenvalue weighted by Crippen LogP contribution is 2.24. The minimum atomic E-state index is -1.11. The topological polar surface area (TPSA) is 143 Å². The number of ketones is 1. The summed E-state index contributed by atoms with van der Waals surface area (Å²) in [4.78, 5) is 58.7. The van der Waals surface area contributed by atoms with Crippen LogP contribution in [-0.4, -0.2) is 107 Å². The first-order valence-electron chi connectivity index (χ1n) is 12.9. The molecule has 2 amide bonds. The molecule has 2 N–H and O–H groups in total. The lowest BCUT2D eigenvalue weighted by molar-refractivity contribution is -0.142. The van der Waals surface area contributed by atoms with Crippen molar-refractivity contribution in [2.75, 3.05) is 46.5 Å². The molecule has 1 aromatic carbocycles. The van der Waals surface area contributed by atoms with Crippen LogP contribution >= 0.6 is 0 Å². The van der Waals surface area contributed by atoms with Crippen LogP contribution in [-0.2, 0) is 25.6 Å². The van der Waals surface area contributed by atoms with Gasteiger partial charge in [-0.1, -0.05) is 26.0 Å². The van der Waals surface area contributed by atoms with Crippen LogP contribution in [0.4, 0.5) is 4.79 Å². The van der Waals surface area contributed by atoms with E-state index in [1.807, 2.05) is 13.8 Å². The van der Waals surface area contributed by atoms with Crippen molar-refractivity contribution in [3.63, 3.8) is 0 Å². The van der Waals surface area contributed by atoms with E-state index in [4.69, 9.17) is 9.47 Å². The van der Waals surface area contributed by atoms with E-state index in [1.165, 1.54) is 12.0 Å². The summed E-state index contributed by atoms with van der Waals surface area (Å²) in [7, 11) is 1.29. The lowest BCUT2D eigenvalue weighted by Gasteiger charge is -2.40. The summed E-state index contributed by atoms with van der Waals surface area (Å²) in [6.07, 6.45) is -0.710. The Hall–Kier alpha value is -3.51. The summed E-state index contributed by atoms with van der Waals surface area (Å²) in [6.45, 7) is 5.73. The molecule has 12 heteroatoms. The number of imidazole rings is 1. The number of benzene rings is 1. The first-order valence-corrected chi connectivity index (χ1v) is 12.9. The first kappa shape index (κ1) is 27.5. The van der Waals surface area contributed by atoms with Crippen molar-refractivity contribution in [1.82, 2.24) is 24.7 Å². The summed E-state index contributed by atoms with van der Waals surface area (Å²) in [5, 5.41) is 13.1. The van der Waals surface area contributed by atoms with Crippen molar-refractivity contribution >= 4 is 34.8 Å². The Labute approximate surface area is 220 Å². The normalized spacial score (nSPS) is 20.9. The van der Waals surface area contributed by atoms with Gasteiger partial charge in [-0.15, -0.1) is 0 Å². The van der Waals surface area contributed by atoms with Gasteiger partial charge in [0.15, 0.2) is 5.82 Å². The third-order valence-electron chi connectivity index (χ3n) is 7.15. The molecule has 2 saturated heterocycles. The molecule has 206 valence electrons. The number of carboxylic acid groups (broad SMARTS) is 1. The molecule has 0 spiro atoms. The number of nitrogens with zero attached hydrogens (tertiary/aromatic N) is 4. The molecule has 0 bridgehead atoms. The van der Waals surface area contributed by atoms with Gasteiger partial charge in [-0.3, -0.25) is 14.4 Å². The van der Waals surface area contributed by atoms with Crippen molar-refractivity contribution < 1.29 is 33.8 Å². The van der Waals surface area contributed by atoms with Gasteiger partial charge in [0.1, 0.15) is 6.54 Å². The molecular weight excluding hydrogens is 494 g/mol. The van der Waals surface area contributed by atoms with Crippen LogP contribution in [0.3, 0.4) is 0 Å². The molecule has 1 aromatic heterocycles. The van der Waals surface area contributed by atoms with Gasteiger partial charge < -0.3 is 34.3 Å². The summed E-state index contributed by atoms with van der Waals surface area (Å²) in [5.41, 5.74) is 1.21. The Balaban J connectivity index is 1.59. The van der Waals surface area contributed by atoms with E-state index >= 15 is 0 Å². The van der Waals surface area contributed by atoms with Gasteiger partial charge in [-0.2, -0.15) is 0 Å². The number of esters is 1. The Kier molecular flexibility index (Phi) is 8.62. The molecule has 12 nitrogen and oxygen atoms in total. The summed E-state index contributed by atoms with van der Waals surface area (Å²) >= 11 is 0. The van der Waals surface area contributed by atoms with Crippen molar-refractivity contribution in [1.29, 1.82) is 0 Å². The molecule has 0 radical (unpaired) electrons. The molecule has 2 aliphatic heterocycles. The van der Waals surface area contributed by atoms with E-state index in [0.717, 1.165) is 0 Å². The number of fused-ring (bicyclic) bond motifs is 1. The largest absolute Gasteiger partial charge is 0.468 e. The lowest BCUT2D eigenvalue weighted by atomic mass is 9.90. The van der Waals surface area contributed by atoms with E-state index in [-0.39, 0.29) is 43.1 Å². The second-order valence-corrected chi connectivity index (χ2v) is 10.1. The Morgan fingerprint density at radius 3 is 2.50 bits per heavy atom. The SMILES string of the molecule is COC(=O)Cn1c(C(=O)C(N[C@H]2C[C@@H](C(=O)N3CCOCC3)CN(C(=O)O)C2)C(C)C)nc2ccccc21. The Morgan fingerprint density at radius 1 is 1.13 bits per heavy atom. The zero-order chi connectivity index (χ0) is 27.4. The molecule has 38 heavy (non-hydrogen) atoms. The number of ether oxygens (including phenoxy) is 2. The minimum absolute atomic E-state index is 0.0988. The fourth-order valence-electron chi connectivity index (χ4n) is 5.18. The molecule has 0 saturated carbocycles. The van der Waals surface area contributed by atoms with Crippen molar-refractivity contribution in [3.05, 3.63) is 30.1 Å². The molecule has 4 rings (SSSR count). The molecule has 2 aromatic rings. The van der Waals surface area contributed by atoms with E-state index in [1.54, 1.807) is 33.7 Å². The summed E-state index contributed by atoms with van der Waals surface area (Å²) in [5.74, 6) is -1.51. The minimum Gasteiger partial charge on any atom is -0.468 e. The fourth-order valence-corrected chi connectivity index (χ4v) is 5.18. The van der Waals surface area contributed by atoms with Crippen LogP contribution < -0.4 is 5.32 Å². The number of hydrogen-bond acceptors (Lipinski definition) is 8. The molecule has 3 heterocycles. The number of hydrogen-bond donors (Lipinski definition) is 2. The maximum absolute atomic E-state index is 13.9. The third-order valence-corrected chi connectivity index (χ3v) is 7.15. The number of carbonyl (C=O) groups is 4. The van der Waals surface area contributed by atoms with Crippen LogP contribution in [0.2, 0.25) is 0 Å². The highest BCUT2D eigenvalue weighted by atomic mass is 16.5. The number of rotatable bonds is 8. The maximum atomic E-state index is 13.9. The monoisotopic (exact) mass is 529 g/mol. The quantitative estimate of drug-likeness (QED) is 0.381. The van der Waals surface area contributed by atoms with Crippen molar-refractivity contribution in [2.45, 2.75) is 38.9 Å². The summed E-state index contributed by atoms with van der Waals surface area (Å²) < 4.78 is 11.7. The molecule has 0 aliphatic carbocycles. The van der Waals surface area contributed by atoms with Crippen LogP contribution in [0.5, 0.6) is 0 Å². The molecule has 1 unspecified atom stereocenters. The van der Waals surface area contributed by atoms with E-state index in [2.05, 4.69) is 10.3 Å². The molecule has 2 fully saturated rings. The highest BCUT2D eigenvalue weighted by molar-refractivity contribution is 6.00.